The molecule has 1 aromatic rings. The summed E-state index contributed by atoms with van der Waals surface area (Å²) in [5, 5.41) is 12.2. The second kappa shape index (κ2) is 9.96. The molecule has 0 spiro atoms. The van der Waals surface area contributed by atoms with Crippen LogP contribution in [0.4, 0.5) is 0 Å². The summed E-state index contributed by atoms with van der Waals surface area (Å²) in [7, 11) is 0. The molecule has 2 rings (SSSR count). The molecular weight excluding hydrogens is 308 g/mol. The molecule has 1 fully saturated rings. The third-order valence-electron chi connectivity index (χ3n) is 4.36. The molecule has 2 N–H and O–H groups in total. The fourth-order valence-corrected chi connectivity index (χ4v) is 3.87. The molecule has 1 aliphatic heterocycles. The quantitative estimate of drug-likeness (QED) is 0.763. The van der Waals surface area contributed by atoms with Crippen LogP contribution in [-0.4, -0.2) is 54.5 Å². The predicted molar refractivity (Wildman–Crippen MR) is 96.6 cm³/mol. The maximum atomic E-state index is 11.9. The van der Waals surface area contributed by atoms with Gasteiger partial charge >= 0.3 is 0 Å². The van der Waals surface area contributed by atoms with Crippen LogP contribution in [-0.2, 0) is 10.5 Å². The first-order chi connectivity index (χ1) is 11.2. The number of piperidine rings is 1. The molecular formula is C18H28N2O2S. The van der Waals surface area contributed by atoms with E-state index in [-0.39, 0.29) is 12.5 Å². The van der Waals surface area contributed by atoms with Gasteiger partial charge in [0.25, 0.3) is 0 Å². The number of likely N-dealkylation sites (tertiary alicyclic amines) is 1. The van der Waals surface area contributed by atoms with E-state index in [1.165, 1.54) is 11.1 Å². The Bertz CT molecular complexity index is 496. The molecule has 0 saturated carbocycles. The average Bonchev–Trinajstić information content (AvgIpc) is 2.57. The topological polar surface area (TPSA) is 52.6 Å². The number of benzene rings is 1. The van der Waals surface area contributed by atoms with Crippen molar-refractivity contribution in [3.05, 3.63) is 35.4 Å². The van der Waals surface area contributed by atoms with Crippen LogP contribution in [0.2, 0.25) is 0 Å². The minimum absolute atomic E-state index is 0.110. The number of aliphatic hydroxyl groups excluding tert-OH is 1. The van der Waals surface area contributed by atoms with Crippen LogP contribution in [0.3, 0.4) is 0 Å². The van der Waals surface area contributed by atoms with Crippen molar-refractivity contribution in [2.45, 2.75) is 25.5 Å². The highest BCUT2D eigenvalue weighted by molar-refractivity contribution is 7.99. The Morgan fingerprint density at radius 2 is 2.26 bits per heavy atom. The highest BCUT2D eigenvalue weighted by Crippen LogP contribution is 2.16. The number of carbonyl (C=O) groups is 1. The minimum Gasteiger partial charge on any atom is -0.396 e. The van der Waals surface area contributed by atoms with Gasteiger partial charge in [-0.2, -0.15) is 0 Å². The summed E-state index contributed by atoms with van der Waals surface area (Å²) >= 11 is 1.66. The van der Waals surface area contributed by atoms with Crippen molar-refractivity contribution >= 4 is 17.7 Å². The Hall–Kier alpha value is -1.04. The molecule has 0 aromatic heterocycles. The van der Waals surface area contributed by atoms with Crippen molar-refractivity contribution in [2.24, 2.45) is 5.92 Å². The van der Waals surface area contributed by atoms with Crippen molar-refractivity contribution < 1.29 is 9.90 Å². The second-order valence-electron chi connectivity index (χ2n) is 6.26. The maximum absolute atomic E-state index is 11.9. The van der Waals surface area contributed by atoms with E-state index >= 15 is 0 Å². The summed E-state index contributed by atoms with van der Waals surface area (Å²) in [4.78, 5) is 14.2. The largest absolute Gasteiger partial charge is 0.396 e. The monoisotopic (exact) mass is 336 g/mol. The Balaban J connectivity index is 1.57. The van der Waals surface area contributed by atoms with E-state index in [2.05, 4.69) is 29.3 Å². The molecule has 128 valence electrons. The van der Waals surface area contributed by atoms with Crippen molar-refractivity contribution in [3.8, 4) is 0 Å². The Kier molecular flexibility index (Phi) is 7.92. The lowest BCUT2D eigenvalue weighted by atomic mass is 9.99. The average molecular weight is 337 g/mol. The zero-order valence-corrected chi connectivity index (χ0v) is 14.8. The summed E-state index contributed by atoms with van der Waals surface area (Å²) in [5.74, 6) is 1.90. The second-order valence-corrected chi connectivity index (χ2v) is 7.25. The first-order valence-electron chi connectivity index (χ1n) is 8.41. The lowest BCUT2D eigenvalue weighted by molar-refractivity contribution is -0.118. The zero-order chi connectivity index (χ0) is 16.5. The fraction of sp³-hybridized carbons (Fsp3) is 0.611. The molecule has 1 aliphatic rings. The summed E-state index contributed by atoms with van der Waals surface area (Å²) in [6, 6.07) is 8.31. The van der Waals surface area contributed by atoms with Gasteiger partial charge in [0.15, 0.2) is 0 Å². The number of aliphatic hydroxyl groups is 1. The SMILES string of the molecule is Cc1ccccc1CSCC(=O)NCCN1CCC[C@@H](CO)C1. The summed E-state index contributed by atoms with van der Waals surface area (Å²) in [5.41, 5.74) is 2.58. The number of nitrogens with one attached hydrogen (secondary N) is 1. The van der Waals surface area contributed by atoms with E-state index in [1.807, 2.05) is 12.1 Å². The molecule has 23 heavy (non-hydrogen) atoms. The molecule has 1 saturated heterocycles. The standard InChI is InChI=1S/C18H28N2O2S/c1-15-5-2-3-7-17(15)13-23-14-18(22)19-8-10-20-9-4-6-16(11-20)12-21/h2-3,5,7,16,21H,4,6,8-14H2,1H3,(H,19,22)/t16-/m1/s1. The summed E-state index contributed by atoms with van der Waals surface area (Å²) < 4.78 is 0. The van der Waals surface area contributed by atoms with Gasteiger partial charge < -0.3 is 15.3 Å². The van der Waals surface area contributed by atoms with Gasteiger partial charge in [-0.25, -0.2) is 0 Å². The van der Waals surface area contributed by atoms with E-state index in [9.17, 15) is 9.90 Å². The third kappa shape index (κ3) is 6.53. The molecule has 0 radical (unpaired) electrons. The van der Waals surface area contributed by atoms with Crippen molar-refractivity contribution in [1.82, 2.24) is 10.2 Å². The third-order valence-corrected chi connectivity index (χ3v) is 5.34. The molecule has 0 bridgehead atoms. The van der Waals surface area contributed by atoms with Gasteiger partial charge in [0.2, 0.25) is 5.91 Å². The smallest absolute Gasteiger partial charge is 0.230 e. The van der Waals surface area contributed by atoms with Gasteiger partial charge in [0.1, 0.15) is 0 Å². The first-order valence-corrected chi connectivity index (χ1v) is 9.56. The molecule has 1 heterocycles. The number of hydrogen-bond donors (Lipinski definition) is 2. The lowest BCUT2D eigenvalue weighted by Gasteiger charge is -2.31. The van der Waals surface area contributed by atoms with E-state index in [0.717, 1.165) is 38.2 Å². The molecule has 1 aromatic carbocycles. The van der Waals surface area contributed by atoms with E-state index < -0.39 is 0 Å². The highest BCUT2D eigenvalue weighted by atomic mass is 32.2. The molecule has 4 nitrogen and oxygen atoms in total. The lowest BCUT2D eigenvalue weighted by Crippen LogP contribution is -2.41. The zero-order valence-electron chi connectivity index (χ0n) is 14.0. The number of nitrogens with zero attached hydrogens (tertiary/aromatic N) is 1. The van der Waals surface area contributed by atoms with Crippen molar-refractivity contribution in [1.29, 1.82) is 0 Å². The Morgan fingerprint density at radius 1 is 1.43 bits per heavy atom. The van der Waals surface area contributed by atoms with Crippen LogP contribution in [0, 0.1) is 12.8 Å². The number of carbonyl (C=O) groups excluding carboxylic acids is 1. The number of aryl methyl sites for hydroxylation is 1. The van der Waals surface area contributed by atoms with Crippen molar-refractivity contribution in [3.63, 3.8) is 0 Å². The maximum Gasteiger partial charge on any atom is 0.230 e. The van der Waals surface area contributed by atoms with Crippen LogP contribution in [0.25, 0.3) is 0 Å². The van der Waals surface area contributed by atoms with Gasteiger partial charge in [0.05, 0.1) is 5.75 Å². The number of thioether (sulfide) groups is 1. The number of hydrogen-bond acceptors (Lipinski definition) is 4. The van der Waals surface area contributed by atoms with Crippen LogP contribution in [0.1, 0.15) is 24.0 Å². The molecule has 0 unspecified atom stereocenters. The van der Waals surface area contributed by atoms with Gasteiger partial charge in [0, 0.05) is 32.0 Å². The summed E-state index contributed by atoms with van der Waals surface area (Å²) in [6.07, 6.45) is 2.26. The Labute approximate surface area is 143 Å². The number of amides is 1. The van der Waals surface area contributed by atoms with Crippen LogP contribution in [0.15, 0.2) is 24.3 Å². The van der Waals surface area contributed by atoms with Gasteiger partial charge in [-0.3, -0.25) is 4.79 Å². The van der Waals surface area contributed by atoms with E-state index in [0.29, 0.717) is 18.2 Å². The first kappa shape index (κ1) is 18.3. The van der Waals surface area contributed by atoms with Gasteiger partial charge in [-0.15, -0.1) is 11.8 Å². The Morgan fingerprint density at radius 3 is 3.04 bits per heavy atom. The highest BCUT2D eigenvalue weighted by Gasteiger charge is 2.18. The fourth-order valence-electron chi connectivity index (χ4n) is 2.93. The van der Waals surface area contributed by atoms with Gasteiger partial charge in [-0.05, 0) is 43.4 Å². The van der Waals surface area contributed by atoms with Crippen molar-refractivity contribution in [2.75, 3.05) is 38.5 Å². The summed E-state index contributed by atoms with van der Waals surface area (Å²) in [6.45, 7) is 5.99. The van der Waals surface area contributed by atoms with Crippen LogP contribution < -0.4 is 5.32 Å². The minimum atomic E-state index is 0.110. The van der Waals surface area contributed by atoms with Crippen LogP contribution in [0.5, 0.6) is 0 Å². The van der Waals surface area contributed by atoms with Crippen LogP contribution >= 0.6 is 11.8 Å². The van der Waals surface area contributed by atoms with Gasteiger partial charge in [-0.1, -0.05) is 24.3 Å². The molecule has 0 aliphatic carbocycles. The molecule has 1 atom stereocenters. The number of rotatable bonds is 8. The molecule has 1 amide bonds. The van der Waals surface area contributed by atoms with E-state index in [1.54, 1.807) is 11.8 Å². The predicted octanol–water partition coefficient (Wildman–Crippen LogP) is 2.05. The molecule has 5 heteroatoms. The van der Waals surface area contributed by atoms with E-state index in [4.69, 9.17) is 0 Å². The normalized spacial score (nSPS) is 18.8.